The maximum atomic E-state index is 12.4. The fourth-order valence-corrected chi connectivity index (χ4v) is 4.06. The molecular formula is C26H29BrN4O8. The van der Waals surface area contributed by atoms with Gasteiger partial charge in [0, 0.05) is 22.7 Å². The first-order chi connectivity index (χ1) is 18.6. The summed E-state index contributed by atoms with van der Waals surface area (Å²) in [6.45, 7) is 4.83. The van der Waals surface area contributed by atoms with Crippen molar-refractivity contribution in [3.8, 4) is 17.2 Å². The van der Waals surface area contributed by atoms with Gasteiger partial charge in [-0.25, -0.2) is 9.59 Å². The minimum Gasteiger partial charge on any atom is -0.490 e. The quantitative estimate of drug-likeness (QED) is 0.0995. The van der Waals surface area contributed by atoms with E-state index in [0.717, 1.165) is 4.47 Å². The SMILES string of the molecule is CCOc1cc([C@H]2NC(=O)NC(C)=C2C(=O)OC)ccc1OC[C@H](O)N/N=C/c1cc(Br)ccc1OC(C)=O. The molecule has 1 aliphatic rings. The number of halogens is 1. The maximum Gasteiger partial charge on any atom is 0.337 e. The van der Waals surface area contributed by atoms with E-state index in [1.165, 1.54) is 20.2 Å². The number of aliphatic hydroxyl groups is 1. The van der Waals surface area contributed by atoms with Crippen LogP contribution in [-0.4, -0.2) is 55.8 Å². The summed E-state index contributed by atoms with van der Waals surface area (Å²) in [7, 11) is 1.26. The second-order valence-electron chi connectivity index (χ2n) is 8.19. The normalized spacial score (nSPS) is 15.7. The number of benzene rings is 2. The number of esters is 2. The Morgan fingerprint density at radius 2 is 1.92 bits per heavy atom. The zero-order valence-corrected chi connectivity index (χ0v) is 23.3. The fraction of sp³-hybridized carbons (Fsp3) is 0.308. The molecule has 208 valence electrons. The molecular weight excluding hydrogens is 576 g/mol. The molecule has 0 radical (unpaired) electrons. The summed E-state index contributed by atoms with van der Waals surface area (Å²) in [5.41, 5.74) is 4.26. The van der Waals surface area contributed by atoms with Crippen LogP contribution in [0.2, 0.25) is 0 Å². The molecule has 13 heteroatoms. The highest BCUT2D eigenvalue weighted by Gasteiger charge is 2.32. The van der Waals surface area contributed by atoms with Gasteiger partial charge in [0.2, 0.25) is 0 Å². The van der Waals surface area contributed by atoms with Gasteiger partial charge >= 0.3 is 18.0 Å². The van der Waals surface area contributed by atoms with E-state index in [2.05, 4.69) is 37.1 Å². The van der Waals surface area contributed by atoms with Crippen LogP contribution in [0.4, 0.5) is 4.79 Å². The molecule has 2 aromatic rings. The summed E-state index contributed by atoms with van der Waals surface area (Å²) in [4.78, 5) is 35.8. The van der Waals surface area contributed by atoms with E-state index < -0.39 is 30.2 Å². The largest absolute Gasteiger partial charge is 0.490 e. The summed E-state index contributed by atoms with van der Waals surface area (Å²) in [5, 5.41) is 19.6. The van der Waals surface area contributed by atoms with Crippen molar-refractivity contribution < 1.29 is 38.4 Å². The number of nitrogens with zero attached hydrogens (tertiary/aromatic N) is 1. The molecule has 0 unspecified atom stereocenters. The molecule has 0 fully saturated rings. The predicted octanol–water partition coefficient (Wildman–Crippen LogP) is 2.89. The van der Waals surface area contributed by atoms with E-state index in [0.29, 0.717) is 40.7 Å². The summed E-state index contributed by atoms with van der Waals surface area (Å²) >= 11 is 3.35. The van der Waals surface area contributed by atoms with Crippen LogP contribution in [0, 0.1) is 0 Å². The highest BCUT2D eigenvalue weighted by atomic mass is 79.9. The number of amides is 2. The van der Waals surface area contributed by atoms with Crippen molar-refractivity contribution in [1.29, 1.82) is 0 Å². The lowest BCUT2D eigenvalue weighted by molar-refractivity contribution is -0.136. The van der Waals surface area contributed by atoms with Gasteiger partial charge in [-0.1, -0.05) is 22.0 Å². The Bertz CT molecular complexity index is 1300. The first kappa shape index (κ1) is 29.5. The predicted molar refractivity (Wildman–Crippen MR) is 144 cm³/mol. The van der Waals surface area contributed by atoms with Crippen LogP contribution in [0.3, 0.4) is 0 Å². The number of allylic oxidation sites excluding steroid dienone is 1. The summed E-state index contributed by atoms with van der Waals surface area (Å²) in [5.74, 6) is -0.0648. The smallest absolute Gasteiger partial charge is 0.337 e. The van der Waals surface area contributed by atoms with Crippen LogP contribution in [0.1, 0.15) is 37.9 Å². The first-order valence-corrected chi connectivity index (χ1v) is 12.6. The number of ether oxygens (including phenoxy) is 4. The number of hydrazone groups is 1. The molecule has 3 rings (SSSR count). The van der Waals surface area contributed by atoms with Crippen molar-refractivity contribution in [2.24, 2.45) is 5.10 Å². The van der Waals surface area contributed by atoms with Gasteiger partial charge in [0.1, 0.15) is 12.4 Å². The molecule has 1 aliphatic heterocycles. The molecule has 2 amide bonds. The van der Waals surface area contributed by atoms with Crippen LogP contribution in [0.15, 0.2) is 57.2 Å². The highest BCUT2D eigenvalue weighted by molar-refractivity contribution is 9.10. The highest BCUT2D eigenvalue weighted by Crippen LogP contribution is 2.35. The molecule has 0 aromatic heterocycles. The van der Waals surface area contributed by atoms with E-state index in [9.17, 15) is 19.5 Å². The molecule has 0 bridgehead atoms. The average Bonchev–Trinajstić information content (AvgIpc) is 2.88. The number of carbonyl (C=O) groups is 3. The lowest BCUT2D eigenvalue weighted by Gasteiger charge is -2.28. The lowest BCUT2D eigenvalue weighted by Crippen LogP contribution is -2.45. The average molecular weight is 605 g/mol. The molecule has 2 aromatic carbocycles. The van der Waals surface area contributed by atoms with Crippen LogP contribution in [0.5, 0.6) is 17.2 Å². The van der Waals surface area contributed by atoms with E-state index >= 15 is 0 Å². The maximum absolute atomic E-state index is 12.4. The topological polar surface area (TPSA) is 157 Å². The van der Waals surface area contributed by atoms with Crippen LogP contribution >= 0.6 is 15.9 Å². The molecule has 12 nitrogen and oxygen atoms in total. The van der Waals surface area contributed by atoms with Gasteiger partial charge in [-0.05, 0) is 49.7 Å². The second kappa shape index (κ2) is 13.6. The van der Waals surface area contributed by atoms with Crippen molar-refractivity contribution in [3.63, 3.8) is 0 Å². The summed E-state index contributed by atoms with van der Waals surface area (Å²) in [6.07, 6.45) is 0.203. The number of hydrogen-bond donors (Lipinski definition) is 4. The fourth-order valence-electron chi connectivity index (χ4n) is 3.68. The number of carbonyl (C=O) groups excluding carboxylic acids is 3. The van der Waals surface area contributed by atoms with E-state index in [4.69, 9.17) is 18.9 Å². The zero-order chi connectivity index (χ0) is 28.5. The number of methoxy groups -OCH3 is 1. The Morgan fingerprint density at radius 1 is 1.18 bits per heavy atom. The van der Waals surface area contributed by atoms with E-state index in [1.54, 1.807) is 50.2 Å². The number of nitrogens with one attached hydrogen (secondary N) is 3. The van der Waals surface area contributed by atoms with Crippen LogP contribution in [0.25, 0.3) is 0 Å². The van der Waals surface area contributed by atoms with E-state index in [-0.39, 0.29) is 12.2 Å². The van der Waals surface area contributed by atoms with Gasteiger partial charge in [-0.15, -0.1) is 0 Å². The Hall–Kier alpha value is -4.10. The molecule has 0 spiro atoms. The summed E-state index contributed by atoms with van der Waals surface area (Å²) in [6, 6.07) is 8.75. The minimum atomic E-state index is -1.19. The Labute approximate surface area is 233 Å². The number of hydrogen-bond acceptors (Lipinski definition) is 10. The third-order valence-electron chi connectivity index (χ3n) is 5.32. The molecule has 0 saturated carbocycles. The van der Waals surface area contributed by atoms with Crippen molar-refractivity contribution in [3.05, 3.63) is 63.3 Å². The zero-order valence-electron chi connectivity index (χ0n) is 21.7. The Balaban J connectivity index is 1.71. The Kier molecular flexibility index (Phi) is 10.3. The van der Waals surface area contributed by atoms with Gasteiger partial charge in [0.15, 0.2) is 17.7 Å². The summed E-state index contributed by atoms with van der Waals surface area (Å²) < 4.78 is 22.2. The van der Waals surface area contributed by atoms with Crippen LogP contribution < -0.4 is 30.3 Å². The van der Waals surface area contributed by atoms with Crippen molar-refractivity contribution >= 4 is 40.1 Å². The van der Waals surface area contributed by atoms with Crippen molar-refractivity contribution in [1.82, 2.24) is 16.1 Å². The third kappa shape index (κ3) is 7.94. The minimum absolute atomic E-state index is 0.192. The third-order valence-corrected chi connectivity index (χ3v) is 5.82. The van der Waals surface area contributed by atoms with Gasteiger partial charge in [-0.2, -0.15) is 5.10 Å². The van der Waals surface area contributed by atoms with E-state index in [1.807, 2.05) is 0 Å². The molecule has 39 heavy (non-hydrogen) atoms. The molecule has 0 aliphatic carbocycles. The van der Waals surface area contributed by atoms with Crippen molar-refractivity contribution in [2.45, 2.75) is 33.0 Å². The molecule has 4 N–H and O–H groups in total. The van der Waals surface area contributed by atoms with Gasteiger partial charge in [0.05, 0.1) is 31.5 Å². The van der Waals surface area contributed by atoms with Gasteiger partial charge in [-0.3, -0.25) is 10.2 Å². The van der Waals surface area contributed by atoms with Crippen LogP contribution in [-0.2, 0) is 14.3 Å². The Morgan fingerprint density at radius 3 is 2.62 bits per heavy atom. The standard InChI is InChI=1S/C26H29BrN4O8/c1-5-37-21-11-16(24-23(25(34)36-4)14(2)29-26(35)30-24)6-8-20(21)38-13-22(33)31-28-12-17-10-18(27)7-9-19(17)39-15(3)32/h6-12,22,24,31,33H,5,13H2,1-4H3,(H2,29,30,35)/b28-12+/t22-,24+/m0/s1. The second-order valence-corrected chi connectivity index (χ2v) is 9.11. The van der Waals surface area contributed by atoms with Crippen molar-refractivity contribution in [2.75, 3.05) is 20.3 Å². The number of rotatable bonds is 11. The molecule has 0 saturated heterocycles. The monoisotopic (exact) mass is 604 g/mol. The molecule has 1 heterocycles. The molecule has 2 atom stereocenters. The number of urea groups is 1. The lowest BCUT2D eigenvalue weighted by atomic mass is 9.95. The number of aliphatic hydroxyl groups excluding tert-OH is 1. The van der Waals surface area contributed by atoms with Gasteiger partial charge in [0.25, 0.3) is 0 Å². The first-order valence-electron chi connectivity index (χ1n) is 11.8. The van der Waals surface area contributed by atoms with Gasteiger partial charge < -0.3 is 34.7 Å².